The Morgan fingerprint density at radius 2 is 1.56 bits per heavy atom. The van der Waals surface area contributed by atoms with E-state index in [1.165, 1.54) is 0 Å². The van der Waals surface area contributed by atoms with Gasteiger partial charge in [0.15, 0.2) is 5.82 Å². The van der Waals surface area contributed by atoms with Crippen molar-refractivity contribution >= 4 is 35.4 Å². The fourth-order valence-electron chi connectivity index (χ4n) is 2.55. The van der Waals surface area contributed by atoms with Gasteiger partial charge >= 0.3 is 30.3 Å². The summed E-state index contributed by atoms with van der Waals surface area (Å²) >= 11 is 0. The number of ether oxygens (including phenoxy) is 1. The molecule has 0 saturated carbocycles. The van der Waals surface area contributed by atoms with E-state index in [9.17, 15) is 41.0 Å². The van der Waals surface area contributed by atoms with Crippen LogP contribution in [0.1, 0.15) is 27.2 Å². The first kappa shape index (κ1) is 35.2. The number of carboxylic acids is 2. The summed E-state index contributed by atoms with van der Waals surface area (Å²) < 4.78 is 68.8. The summed E-state index contributed by atoms with van der Waals surface area (Å²) in [5, 5.41) is 30.6. The summed E-state index contributed by atoms with van der Waals surface area (Å²) in [5.74, 6) is -5.78. The van der Waals surface area contributed by atoms with Gasteiger partial charge in [0.05, 0.1) is 6.04 Å². The van der Waals surface area contributed by atoms with Gasteiger partial charge in [0, 0.05) is 6.54 Å². The van der Waals surface area contributed by atoms with Gasteiger partial charge in [0.1, 0.15) is 23.9 Å². The summed E-state index contributed by atoms with van der Waals surface area (Å²) in [6, 6.07) is -1.30. The van der Waals surface area contributed by atoms with Crippen LogP contribution in [0.4, 0.5) is 43.8 Å². The van der Waals surface area contributed by atoms with E-state index in [4.69, 9.17) is 36.0 Å². The Bertz CT molecular complexity index is 1030. The van der Waals surface area contributed by atoms with Gasteiger partial charge in [0.25, 0.3) is 5.56 Å². The fraction of sp³-hybridized carbons (Fsp3) is 0.632. The van der Waals surface area contributed by atoms with Gasteiger partial charge in [-0.3, -0.25) is 14.6 Å². The molecule has 1 aromatic heterocycles. The van der Waals surface area contributed by atoms with Crippen LogP contribution in [0.2, 0.25) is 0 Å². The summed E-state index contributed by atoms with van der Waals surface area (Å²) in [6.07, 6.45) is -11.3. The topological polar surface area (TPSA) is 243 Å². The number of alkyl halides is 6. The monoisotopic (exact) mass is 582 g/mol. The van der Waals surface area contributed by atoms with Crippen LogP contribution >= 0.6 is 0 Å². The number of aliphatic hydroxyl groups is 1. The minimum Gasteiger partial charge on any atom is -0.475 e. The zero-order valence-electron chi connectivity index (χ0n) is 20.6. The molecular weight excluding hydrogens is 554 g/mol. The number of rotatable bonds is 6. The molecule has 39 heavy (non-hydrogen) atoms. The average Bonchev–Trinajstić information content (AvgIpc) is 2.81. The highest BCUT2D eigenvalue weighted by molar-refractivity contribution is 5.76. The van der Waals surface area contributed by atoms with Crippen molar-refractivity contribution in [1.82, 2.24) is 9.97 Å². The number of aromatic nitrogens is 2. The summed E-state index contributed by atoms with van der Waals surface area (Å²) in [5.41, 5.74) is 11.1. The van der Waals surface area contributed by atoms with E-state index in [0.717, 1.165) is 6.42 Å². The van der Waals surface area contributed by atoms with Crippen LogP contribution in [0, 0.1) is 5.92 Å². The molecule has 5 atom stereocenters. The molecule has 1 aliphatic heterocycles. The van der Waals surface area contributed by atoms with E-state index < -0.39 is 60.1 Å². The van der Waals surface area contributed by atoms with Crippen molar-refractivity contribution < 1.29 is 60.8 Å². The molecule has 2 heterocycles. The molecule has 0 aromatic carbocycles. The first-order chi connectivity index (χ1) is 17.6. The second kappa shape index (κ2) is 14.4. The highest BCUT2D eigenvalue weighted by Crippen LogP contribution is 2.22. The van der Waals surface area contributed by atoms with E-state index in [1.54, 1.807) is 6.92 Å². The Morgan fingerprint density at radius 1 is 1.10 bits per heavy atom. The van der Waals surface area contributed by atoms with Crippen molar-refractivity contribution in [2.24, 2.45) is 11.7 Å². The number of nitrogen functional groups attached to an aromatic ring is 1. The van der Waals surface area contributed by atoms with Crippen molar-refractivity contribution in [3.63, 3.8) is 0 Å². The third kappa shape index (κ3) is 11.6. The van der Waals surface area contributed by atoms with Crippen LogP contribution in [0.3, 0.4) is 0 Å². The number of anilines is 3. The Labute approximate surface area is 215 Å². The summed E-state index contributed by atoms with van der Waals surface area (Å²) in [6.45, 7) is 5.66. The number of nitrogens with two attached hydrogens (primary N) is 2. The number of carboxylic acid groups (broad SMARTS) is 2. The largest absolute Gasteiger partial charge is 0.490 e. The molecule has 0 fully saturated rings. The predicted octanol–water partition coefficient (Wildman–Crippen LogP) is 0.491. The number of nitrogens with zero attached hydrogens (tertiary/aromatic N) is 1. The van der Waals surface area contributed by atoms with Crippen molar-refractivity contribution in [3.05, 3.63) is 10.4 Å². The zero-order valence-corrected chi connectivity index (χ0v) is 20.6. The third-order valence-electron chi connectivity index (χ3n) is 4.97. The Balaban J connectivity index is 0.000000848. The van der Waals surface area contributed by atoms with Gasteiger partial charge in [-0.15, -0.1) is 0 Å². The first-order valence-electron chi connectivity index (χ1n) is 10.8. The number of hydrogen-bond donors (Lipinski definition) is 8. The third-order valence-corrected chi connectivity index (χ3v) is 4.97. The molecular formula is C19H28F6N6O8. The number of aliphatic hydroxyl groups excluding tert-OH is 1. The molecule has 1 aliphatic rings. The summed E-state index contributed by atoms with van der Waals surface area (Å²) in [7, 11) is 0. The van der Waals surface area contributed by atoms with Gasteiger partial charge in [-0.1, -0.05) is 20.3 Å². The van der Waals surface area contributed by atoms with Crippen LogP contribution in [0.15, 0.2) is 4.79 Å². The molecule has 1 aromatic rings. The number of fused-ring (bicyclic) bond motifs is 1. The minimum absolute atomic E-state index is 0.00150. The quantitative estimate of drug-likeness (QED) is 0.168. The summed E-state index contributed by atoms with van der Waals surface area (Å²) in [4.78, 5) is 48.1. The van der Waals surface area contributed by atoms with E-state index >= 15 is 0 Å². The molecule has 14 nitrogen and oxygen atoms in total. The van der Waals surface area contributed by atoms with E-state index in [2.05, 4.69) is 20.6 Å². The van der Waals surface area contributed by atoms with Crippen molar-refractivity contribution in [2.75, 3.05) is 22.9 Å². The average molecular weight is 582 g/mol. The minimum atomic E-state index is -5.08. The molecule has 0 aliphatic carbocycles. The number of hydrogen-bond acceptors (Lipinski definition) is 11. The van der Waals surface area contributed by atoms with Gasteiger partial charge in [0.2, 0.25) is 5.95 Å². The van der Waals surface area contributed by atoms with E-state index in [1.807, 2.05) is 13.8 Å². The molecule has 10 N–H and O–H groups in total. The number of H-pyrrole nitrogens is 1. The maximum absolute atomic E-state index is 12.1. The van der Waals surface area contributed by atoms with Crippen LogP contribution in [0.25, 0.3) is 0 Å². The standard InChI is InChI=1S/C15H26N6O4.2C2HF3O2/c1-4-6(2)9(16)14(24)25-7(3)11(22)8-5-18-12-10(19-8)13(23)21-15(17)20-12;2*3-2(4,5)1(6)7/h6-9,11,19,22H,4-5,16H2,1-3H3,(H4,17,18,20,21,23);2*(H,6,7). The highest BCUT2D eigenvalue weighted by Gasteiger charge is 2.39. The number of halogens is 6. The lowest BCUT2D eigenvalue weighted by atomic mass is 10.00. The number of carbonyl (C=O) groups is 3. The Morgan fingerprint density at radius 3 is 1.97 bits per heavy atom. The number of aromatic amines is 1. The molecule has 5 unspecified atom stereocenters. The molecule has 2 rings (SSSR count). The smallest absolute Gasteiger partial charge is 0.475 e. The van der Waals surface area contributed by atoms with Crippen LogP contribution in [-0.2, 0) is 19.1 Å². The normalized spacial score (nSPS) is 17.6. The van der Waals surface area contributed by atoms with E-state index in [-0.39, 0.29) is 24.1 Å². The Kier molecular flexibility index (Phi) is 13.0. The fourth-order valence-corrected chi connectivity index (χ4v) is 2.55. The lowest BCUT2D eigenvalue weighted by Gasteiger charge is -2.33. The van der Waals surface area contributed by atoms with Gasteiger partial charge < -0.3 is 42.2 Å². The SMILES string of the molecule is CCC(C)C(N)C(=O)OC(C)C(O)C1CNc2nc(N)[nH]c(=O)c2N1.O=C(O)C(F)(F)F.O=C(O)C(F)(F)F. The first-order valence-corrected chi connectivity index (χ1v) is 10.8. The Hall–Kier alpha value is -3.81. The van der Waals surface area contributed by atoms with Gasteiger partial charge in [-0.05, 0) is 12.8 Å². The van der Waals surface area contributed by atoms with Crippen LogP contribution in [-0.4, -0.2) is 86.4 Å². The molecule has 0 spiro atoms. The highest BCUT2D eigenvalue weighted by atomic mass is 19.4. The van der Waals surface area contributed by atoms with E-state index in [0.29, 0.717) is 5.82 Å². The molecule has 0 radical (unpaired) electrons. The molecule has 20 heteroatoms. The maximum atomic E-state index is 12.1. The lowest BCUT2D eigenvalue weighted by Crippen LogP contribution is -2.51. The predicted molar refractivity (Wildman–Crippen MR) is 122 cm³/mol. The number of esters is 1. The number of carbonyl (C=O) groups excluding carboxylic acids is 1. The molecule has 0 bridgehead atoms. The second-order valence-electron chi connectivity index (χ2n) is 7.96. The van der Waals surface area contributed by atoms with Crippen LogP contribution < -0.4 is 27.7 Å². The number of nitrogens with one attached hydrogen (secondary N) is 3. The van der Waals surface area contributed by atoms with Gasteiger partial charge in [-0.2, -0.15) is 31.3 Å². The van der Waals surface area contributed by atoms with Crippen molar-refractivity contribution in [2.45, 2.75) is 63.8 Å². The zero-order chi connectivity index (χ0) is 30.9. The van der Waals surface area contributed by atoms with Crippen molar-refractivity contribution in [1.29, 1.82) is 0 Å². The van der Waals surface area contributed by atoms with Gasteiger partial charge in [-0.25, -0.2) is 9.59 Å². The second-order valence-corrected chi connectivity index (χ2v) is 7.96. The molecule has 0 saturated heterocycles. The maximum Gasteiger partial charge on any atom is 0.490 e. The molecule has 0 amide bonds. The van der Waals surface area contributed by atoms with Crippen LogP contribution in [0.5, 0.6) is 0 Å². The lowest BCUT2D eigenvalue weighted by molar-refractivity contribution is -0.193. The molecule has 224 valence electrons. The van der Waals surface area contributed by atoms with Crippen molar-refractivity contribution in [3.8, 4) is 0 Å². The number of aliphatic carboxylic acids is 2.